The highest BCUT2D eigenvalue weighted by atomic mass is 31.2. The third-order valence-corrected chi connectivity index (χ3v) is 6.24. The van der Waals surface area contributed by atoms with Gasteiger partial charge in [0.1, 0.15) is 5.78 Å². The molecule has 1 N–H and O–H groups in total. The van der Waals surface area contributed by atoms with E-state index in [1.807, 2.05) is 31.2 Å². The van der Waals surface area contributed by atoms with Crippen molar-refractivity contribution >= 4 is 19.2 Å². The normalized spacial score (nSPS) is 21.8. The molecule has 8 heteroatoms. The fourth-order valence-corrected chi connectivity index (χ4v) is 4.61. The Balaban J connectivity index is 2.04. The molecule has 0 radical (unpaired) electrons. The largest absolute Gasteiger partial charge is 0.350 e. The Labute approximate surface area is 142 Å². The number of hydroxylamine groups is 2. The lowest BCUT2D eigenvalue weighted by molar-refractivity contribution is -0.155. The van der Waals surface area contributed by atoms with E-state index in [-0.39, 0.29) is 25.5 Å². The molecule has 0 unspecified atom stereocenters. The average Bonchev–Trinajstić information content (AvgIpc) is 2.93. The van der Waals surface area contributed by atoms with E-state index in [1.54, 1.807) is 20.9 Å². The number of rotatable bonds is 7. The van der Waals surface area contributed by atoms with E-state index in [9.17, 15) is 9.36 Å². The van der Waals surface area contributed by atoms with Gasteiger partial charge >= 0.3 is 7.60 Å². The molecule has 1 heterocycles. The van der Waals surface area contributed by atoms with Crippen LogP contribution in [0, 0.1) is 6.92 Å². The molecule has 0 spiro atoms. The summed E-state index contributed by atoms with van der Waals surface area (Å²) in [6, 6.07) is 7.49. The molecular weight excluding hydrogens is 331 g/mol. The number of benzene rings is 1. The highest BCUT2D eigenvalue weighted by Gasteiger charge is 2.48. The Morgan fingerprint density at radius 2 is 1.88 bits per heavy atom. The Bertz CT molecular complexity index is 597. The summed E-state index contributed by atoms with van der Waals surface area (Å²) in [6.07, 6.45) is -0.499. The van der Waals surface area contributed by atoms with Crippen LogP contribution < -0.4 is 5.32 Å². The van der Waals surface area contributed by atoms with Crippen LogP contribution in [0.5, 0.6) is 0 Å². The molecule has 1 fully saturated rings. The summed E-state index contributed by atoms with van der Waals surface area (Å²) in [4.78, 5) is 18.0. The van der Waals surface area contributed by atoms with E-state index in [1.165, 1.54) is 5.06 Å². The predicted molar refractivity (Wildman–Crippen MR) is 91.7 cm³/mol. The molecule has 24 heavy (non-hydrogen) atoms. The van der Waals surface area contributed by atoms with Crippen molar-refractivity contribution in [3.05, 3.63) is 29.8 Å². The number of anilines is 1. The fraction of sp³-hybridized carbons (Fsp3) is 0.562. The molecule has 1 aliphatic rings. The number of aryl methyl sites for hydroxylation is 1. The van der Waals surface area contributed by atoms with Gasteiger partial charge in [-0.15, -0.1) is 0 Å². The van der Waals surface area contributed by atoms with Crippen LogP contribution >= 0.6 is 7.60 Å². The van der Waals surface area contributed by atoms with E-state index in [4.69, 9.17) is 13.9 Å². The number of hydrogen-bond donors (Lipinski definition) is 1. The van der Waals surface area contributed by atoms with Crippen LogP contribution in [0.2, 0.25) is 0 Å². The maximum atomic E-state index is 12.9. The molecule has 7 nitrogen and oxygen atoms in total. The van der Waals surface area contributed by atoms with Gasteiger partial charge in [-0.1, -0.05) is 17.7 Å². The third-order valence-electron chi connectivity index (χ3n) is 3.73. The van der Waals surface area contributed by atoms with E-state index >= 15 is 0 Å². The first-order chi connectivity index (χ1) is 11.4. The highest BCUT2D eigenvalue weighted by molar-refractivity contribution is 7.54. The second-order valence-electron chi connectivity index (χ2n) is 5.59. The van der Waals surface area contributed by atoms with Crippen LogP contribution in [0.3, 0.4) is 0 Å². The van der Waals surface area contributed by atoms with Crippen molar-refractivity contribution in [3.8, 4) is 0 Å². The van der Waals surface area contributed by atoms with Crippen LogP contribution in [0.15, 0.2) is 24.3 Å². The van der Waals surface area contributed by atoms with Crippen molar-refractivity contribution in [1.29, 1.82) is 0 Å². The minimum absolute atomic E-state index is 0.242. The first-order valence-electron chi connectivity index (χ1n) is 8.05. The zero-order valence-electron chi connectivity index (χ0n) is 14.5. The highest BCUT2D eigenvalue weighted by Crippen LogP contribution is 2.57. The molecule has 0 bridgehead atoms. The van der Waals surface area contributed by atoms with Crippen LogP contribution in [0.25, 0.3) is 0 Å². The van der Waals surface area contributed by atoms with Gasteiger partial charge in [0, 0.05) is 19.2 Å². The number of carbonyl (C=O) groups is 1. The summed E-state index contributed by atoms with van der Waals surface area (Å²) in [5.74, 6) is -0.890. The summed E-state index contributed by atoms with van der Waals surface area (Å²) in [5.41, 5.74) is 1.80. The summed E-state index contributed by atoms with van der Waals surface area (Å²) in [7, 11) is -1.73. The van der Waals surface area contributed by atoms with Gasteiger partial charge in [-0.3, -0.25) is 14.2 Å². The van der Waals surface area contributed by atoms with E-state index in [0.717, 1.165) is 5.56 Å². The van der Waals surface area contributed by atoms with E-state index < -0.39 is 19.5 Å². The number of nitrogens with zero attached hydrogens (tertiary/aromatic N) is 1. The molecule has 0 aromatic heterocycles. The molecule has 2 rings (SSSR count). The van der Waals surface area contributed by atoms with Crippen LogP contribution in [-0.4, -0.2) is 43.1 Å². The van der Waals surface area contributed by atoms with E-state index in [2.05, 4.69) is 5.32 Å². The summed E-state index contributed by atoms with van der Waals surface area (Å²) >= 11 is 0. The van der Waals surface area contributed by atoms with Crippen molar-refractivity contribution in [2.75, 3.05) is 25.6 Å². The molecule has 2 atom stereocenters. The lowest BCUT2D eigenvalue weighted by Crippen LogP contribution is -2.28. The fourth-order valence-electron chi connectivity index (χ4n) is 2.57. The molecule has 0 aliphatic carbocycles. The molecular formula is C16H25N2O5P. The van der Waals surface area contributed by atoms with Gasteiger partial charge in [-0.2, -0.15) is 5.06 Å². The lowest BCUT2D eigenvalue weighted by Gasteiger charge is -2.25. The minimum Gasteiger partial charge on any atom is -0.324 e. The molecule has 1 aliphatic heterocycles. The molecule has 0 saturated carbocycles. The molecule has 1 aromatic rings. The van der Waals surface area contributed by atoms with Gasteiger partial charge in [-0.25, -0.2) is 0 Å². The first-order valence-corrected chi connectivity index (χ1v) is 9.66. The second kappa shape index (κ2) is 8.23. The predicted octanol–water partition coefficient (Wildman–Crippen LogP) is 3.16. The molecule has 1 saturated heterocycles. The van der Waals surface area contributed by atoms with Gasteiger partial charge in [0.25, 0.3) is 5.91 Å². The van der Waals surface area contributed by atoms with Crippen LogP contribution in [0.4, 0.5) is 5.69 Å². The van der Waals surface area contributed by atoms with Gasteiger partial charge in [-0.05, 0) is 32.9 Å². The van der Waals surface area contributed by atoms with Crippen molar-refractivity contribution in [2.45, 2.75) is 39.1 Å². The smallest absolute Gasteiger partial charge is 0.324 e. The van der Waals surface area contributed by atoms with Gasteiger partial charge in [0.15, 0.2) is 6.10 Å². The lowest BCUT2D eigenvalue weighted by atomic mass is 10.2. The SMILES string of the molecule is CCOP(=O)(OCC)[C@H]1C[C@H](C(=O)Nc2ccc(C)cc2)ON1C. The summed E-state index contributed by atoms with van der Waals surface area (Å²) in [6.45, 7) is 6.01. The minimum atomic E-state index is -3.37. The Morgan fingerprint density at radius 3 is 2.42 bits per heavy atom. The van der Waals surface area contributed by atoms with Crippen molar-refractivity contribution in [3.63, 3.8) is 0 Å². The van der Waals surface area contributed by atoms with Gasteiger partial charge < -0.3 is 14.4 Å². The standard InChI is InChI=1S/C16H25N2O5P/c1-5-21-24(20,22-6-2)15-11-14(23-18(15)4)16(19)17-13-9-7-12(3)8-10-13/h7-10,14-15H,5-6,11H2,1-4H3,(H,17,19)/t14-,15+/m1/s1. The molecule has 1 aromatic carbocycles. The van der Waals surface area contributed by atoms with Gasteiger partial charge in [0.2, 0.25) is 0 Å². The zero-order chi connectivity index (χ0) is 17.7. The van der Waals surface area contributed by atoms with E-state index in [0.29, 0.717) is 5.69 Å². The summed E-state index contributed by atoms with van der Waals surface area (Å²) in [5, 5.41) is 4.21. The van der Waals surface area contributed by atoms with Crippen molar-refractivity contribution < 1.29 is 23.2 Å². The number of nitrogens with one attached hydrogen (secondary N) is 1. The number of hydrogen-bond acceptors (Lipinski definition) is 6. The zero-order valence-corrected chi connectivity index (χ0v) is 15.4. The number of amides is 1. The van der Waals surface area contributed by atoms with Crippen molar-refractivity contribution in [2.24, 2.45) is 0 Å². The van der Waals surface area contributed by atoms with Crippen LogP contribution in [0.1, 0.15) is 25.8 Å². The Hall–Kier alpha value is -1.24. The topological polar surface area (TPSA) is 77.1 Å². The maximum absolute atomic E-state index is 12.9. The van der Waals surface area contributed by atoms with Crippen LogP contribution in [-0.2, 0) is 23.2 Å². The Morgan fingerprint density at radius 1 is 1.29 bits per heavy atom. The monoisotopic (exact) mass is 356 g/mol. The number of carbonyl (C=O) groups excluding carboxylic acids is 1. The quantitative estimate of drug-likeness (QED) is 0.756. The average molecular weight is 356 g/mol. The van der Waals surface area contributed by atoms with Crippen molar-refractivity contribution in [1.82, 2.24) is 5.06 Å². The Kier molecular flexibility index (Phi) is 6.54. The maximum Gasteiger partial charge on any atom is 0.350 e. The summed E-state index contributed by atoms with van der Waals surface area (Å²) < 4.78 is 23.6. The molecule has 134 valence electrons. The first kappa shape index (κ1) is 19.1. The third kappa shape index (κ3) is 4.43. The van der Waals surface area contributed by atoms with Gasteiger partial charge in [0.05, 0.1) is 13.2 Å². The molecule has 1 amide bonds. The second-order valence-corrected chi connectivity index (χ2v) is 7.78.